The van der Waals surface area contributed by atoms with E-state index in [2.05, 4.69) is 20.9 Å². The molecule has 100 valence electrons. The van der Waals surface area contributed by atoms with E-state index >= 15 is 0 Å². The van der Waals surface area contributed by atoms with E-state index in [1.54, 1.807) is 18.5 Å². The summed E-state index contributed by atoms with van der Waals surface area (Å²) in [5, 5.41) is 0. The Kier molecular flexibility index (Phi) is 4.24. The van der Waals surface area contributed by atoms with Gasteiger partial charge < -0.3 is 0 Å². The maximum atomic E-state index is 12.6. The van der Waals surface area contributed by atoms with Gasteiger partial charge in [-0.25, -0.2) is 0 Å². The summed E-state index contributed by atoms with van der Waals surface area (Å²) >= 11 is 3.44. The minimum Gasteiger partial charge on any atom is -0.265 e. The first-order chi connectivity index (χ1) is 8.97. The summed E-state index contributed by atoms with van der Waals surface area (Å²) in [5.41, 5.74) is 1.02. The average Bonchev–Trinajstić information content (AvgIpc) is 2.39. The average molecular weight is 330 g/mol. The second kappa shape index (κ2) is 5.74. The summed E-state index contributed by atoms with van der Waals surface area (Å²) in [4.78, 5) is 3.75. The van der Waals surface area contributed by atoms with E-state index in [-0.39, 0.29) is 4.83 Å². The lowest BCUT2D eigenvalue weighted by atomic mass is 10.0. The Morgan fingerprint density at radius 3 is 2.42 bits per heavy atom. The van der Waals surface area contributed by atoms with Crippen molar-refractivity contribution in [3.8, 4) is 0 Å². The van der Waals surface area contributed by atoms with Crippen molar-refractivity contribution in [2.45, 2.75) is 17.4 Å². The topological polar surface area (TPSA) is 12.9 Å². The van der Waals surface area contributed by atoms with Crippen LogP contribution in [0, 0.1) is 0 Å². The van der Waals surface area contributed by atoms with Gasteiger partial charge in [0.2, 0.25) is 0 Å². The van der Waals surface area contributed by atoms with Crippen LogP contribution in [0.4, 0.5) is 13.2 Å². The van der Waals surface area contributed by atoms with Crippen molar-refractivity contribution in [2.24, 2.45) is 0 Å². The predicted octanol–water partition coefficient (Wildman–Crippen LogP) is 4.78. The SMILES string of the molecule is FC(F)(F)c1cccc(C(Br)Cc2ccncc2)c1. The molecule has 2 rings (SSSR count). The highest BCUT2D eigenvalue weighted by atomic mass is 79.9. The molecule has 1 heterocycles. The number of alkyl halides is 4. The first kappa shape index (κ1) is 14.1. The summed E-state index contributed by atoms with van der Waals surface area (Å²) in [6.45, 7) is 0. The largest absolute Gasteiger partial charge is 0.416 e. The van der Waals surface area contributed by atoms with Gasteiger partial charge in [-0.05, 0) is 35.7 Å². The first-order valence-corrected chi connectivity index (χ1v) is 6.58. The van der Waals surface area contributed by atoms with Crippen molar-refractivity contribution in [1.82, 2.24) is 4.98 Å². The van der Waals surface area contributed by atoms with Crippen molar-refractivity contribution in [3.63, 3.8) is 0 Å². The molecule has 5 heteroatoms. The van der Waals surface area contributed by atoms with Crippen LogP contribution < -0.4 is 0 Å². The molecule has 0 saturated carbocycles. The molecule has 1 nitrogen and oxygen atoms in total. The van der Waals surface area contributed by atoms with Gasteiger partial charge in [0.25, 0.3) is 0 Å². The lowest BCUT2D eigenvalue weighted by Crippen LogP contribution is -2.06. The number of nitrogens with zero attached hydrogens (tertiary/aromatic N) is 1. The number of pyridine rings is 1. The van der Waals surface area contributed by atoms with Crippen LogP contribution in [0.3, 0.4) is 0 Å². The van der Waals surface area contributed by atoms with E-state index in [9.17, 15) is 13.2 Å². The lowest BCUT2D eigenvalue weighted by molar-refractivity contribution is -0.137. The van der Waals surface area contributed by atoms with Crippen LogP contribution in [0.5, 0.6) is 0 Å². The molecule has 0 saturated heterocycles. The van der Waals surface area contributed by atoms with Gasteiger partial charge in [0.15, 0.2) is 0 Å². The molecular formula is C14H11BrF3N. The van der Waals surface area contributed by atoms with Crippen molar-refractivity contribution in [2.75, 3.05) is 0 Å². The van der Waals surface area contributed by atoms with Gasteiger partial charge >= 0.3 is 6.18 Å². The first-order valence-electron chi connectivity index (χ1n) is 5.67. The molecule has 1 atom stereocenters. The minimum absolute atomic E-state index is 0.155. The van der Waals surface area contributed by atoms with E-state index in [0.29, 0.717) is 12.0 Å². The molecule has 1 aromatic carbocycles. The maximum absolute atomic E-state index is 12.6. The van der Waals surface area contributed by atoms with Gasteiger partial charge in [0.05, 0.1) is 5.56 Å². The molecule has 0 fully saturated rings. The molecule has 0 aliphatic heterocycles. The van der Waals surface area contributed by atoms with Crippen LogP contribution in [0.15, 0.2) is 48.8 Å². The Labute approximate surface area is 117 Å². The quantitative estimate of drug-likeness (QED) is 0.738. The van der Waals surface area contributed by atoms with Crippen molar-refractivity contribution in [1.29, 1.82) is 0 Å². The van der Waals surface area contributed by atoms with Crippen LogP contribution in [-0.4, -0.2) is 4.98 Å². The Bertz CT molecular complexity index is 540. The maximum Gasteiger partial charge on any atom is 0.416 e. The van der Waals surface area contributed by atoms with Gasteiger partial charge in [-0.1, -0.05) is 34.1 Å². The summed E-state index contributed by atoms with van der Waals surface area (Å²) in [6.07, 6.45) is -0.356. The molecule has 0 N–H and O–H groups in total. The van der Waals surface area contributed by atoms with Gasteiger partial charge in [-0.2, -0.15) is 13.2 Å². The van der Waals surface area contributed by atoms with Gasteiger partial charge in [-0.15, -0.1) is 0 Å². The van der Waals surface area contributed by atoms with Gasteiger partial charge in [-0.3, -0.25) is 4.98 Å². The van der Waals surface area contributed by atoms with E-state index in [0.717, 1.165) is 11.6 Å². The van der Waals surface area contributed by atoms with Crippen LogP contribution in [-0.2, 0) is 12.6 Å². The zero-order chi connectivity index (χ0) is 13.9. The number of benzene rings is 1. The fraction of sp³-hybridized carbons (Fsp3) is 0.214. The van der Waals surface area contributed by atoms with Crippen molar-refractivity contribution in [3.05, 3.63) is 65.5 Å². The highest BCUT2D eigenvalue weighted by Gasteiger charge is 2.30. The molecule has 2 aromatic rings. The lowest BCUT2D eigenvalue weighted by Gasteiger charge is -2.13. The molecule has 1 unspecified atom stereocenters. The van der Waals surface area contributed by atoms with Crippen LogP contribution in [0.1, 0.15) is 21.5 Å². The van der Waals surface area contributed by atoms with E-state index < -0.39 is 11.7 Å². The molecule has 0 aliphatic rings. The smallest absolute Gasteiger partial charge is 0.265 e. The molecule has 0 radical (unpaired) electrons. The van der Waals surface area contributed by atoms with Crippen molar-refractivity contribution >= 4 is 15.9 Å². The van der Waals surface area contributed by atoms with E-state index in [4.69, 9.17) is 0 Å². The number of halogens is 4. The molecular weight excluding hydrogens is 319 g/mol. The predicted molar refractivity (Wildman–Crippen MR) is 71.1 cm³/mol. The third kappa shape index (κ3) is 3.80. The van der Waals surface area contributed by atoms with Crippen LogP contribution in [0.25, 0.3) is 0 Å². The highest BCUT2D eigenvalue weighted by molar-refractivity contribution is 9.09. The Morgan fingerprint density at radius 2 is 1.79 bits per heavy atom. The summed E-state index contributed by atoms with van der Waals surface area (Å²) in [6, 6.07) is 9.08. The zero-order valence-electron chi connectivity index (χ0n) is 9.86. The Morgan fingerprint density at radius 1 is 1.11 bits per heavy atom. The molecule has 19 heavy (non-hydrogen) atoms. The molecule has 0 aliphatic carbocycles. The second-order valence-electron chi connectivity index (χ2n) is 4.15. The molecule has 0 amide bonds. The van der Waals surface area contributed by atoms with E-state index in [1.807, 2.05) is 12.1 Å². The number of hydrogen-bond donors (Lipinski definition) is 0. The summed E-state index contributed by atoms with van der Waals surface area (Å²) in [7, 11) is 0. The van der Waals surface area contributed by atoms with Gasteiger partial charge in [0.1, 0.15) is 0 Å². The monoisotopic (exact) mass is 329 g/mol. The molecule has 0 bridgehead atoms. The third-order valence-corrected chi connectivity index (χ3v) is 3.59. The Hall–Kier alpha value is -1.36. The fourth-order valence-electron chi connectivity index (χ4n) is 1.75. The third-order valence-electron chi connectivity index (χ3n) is 2.74. The van der Waals surface area contributed by atoms with Gasteiger partial charge in [0, 0.05) is 17.2 Å². The zero-order valence-corrected chi connectivity index (χ0v) is 11.4. The molecule has 0 spiro atoms. The minimum atomic E-state index is -4.31. The summed E-state index contributed by atoms with van der Waals surface area (Å²) in [5.74, 6) is 0. The van der Waals surface area contributed by atoms with Crippen molar-refractivity contribution < 1.29 is 13.2 Å². The standard InChI is InChI=1S/C14H11BrF3N/c15-13(8-10-4-6-19-7-5-10)11-2-1-3-12(9-11)14(16,17)18/h1-7,9,13H,8H2. The number of hydrogen-bond acceptors (Lipinski definition) is 1. The number of aromatic nitrogens is 1. The van der Waals surface area contributed by atoms with Crippen LogP contribution >= 0.6 is 15.9 Å². The normalized spacial score (nSPS) is 13.3. The second-order valence-corrected chi connectivity index (χ2v) is 5.26. The summed E-state index contributed by atoms with van der Waals surface area (Å²) < 4.78 is 37.9. The highest BCUT2D eigenvalue weighted by Crippen LogP contribution is 2.33. The van der Waals surface area contributed by atoms with Crippen LogP contribution in [0.2, 0.25) is 0 Å². The number of rotatable bonds is 3. The Balaban J connectivity index is 2.18. The fourth-order valence-corrected chi connectivity index (χ4v) is 2.41. The molecule has 1 aromatic heterocycles. The van der Waals surface area contributed by atoms with E-state index in [1.165, 1.54) is 12.1 Å².